The molecule has 0 aliphatic rings. The van der Waals surface area contributed by atoms with Crippen molar-refractivity contribution in [2.24, 2.45) is 0 Å². The van der Waals surface area contributed by atoms with E-state index in [4.69, 9.17) is 9.84 Å². The Balaban J connectivity index is 2.65. The van der Waals surface area contributed by atoms with Crippen molar-refractivity contribution in [3.63, 3.8) is 0 Å². The number of hydrogen-bond acceptors (Lipinski definition) is 4. The number of carboxylic acid groups (broad SMARTS) is 1. The summed E-state index contributed by atoms with van der Waals surface area (Å²) in [6.45, 7) is 3.11. The first-order valence-corrected chi connectivity index (χ1v) is 6.50. The number of aliphatic carboxylic acids is 1. The zero-order valence-corrected chi connectivity index (χ0v) is 12.0. The highest BCUT2D eigenvalue weighted by Gasteiger charge is 2.29. The van der Waals surface area contributed by atoms with E-state index in [9.17, 15) is 14.7 Å². The largest absolute Gasteiger partial charge is 0.493 e. The van der Waals surface area contributed by atoms with Crippen molar-refractivity contribution in [3.05, 3.63) is 35.9 Å². The third-order valence-electron chi connectivity index (χ3n) is 2.70. The first-order chi connectivity index (χ1) is 9.86. The molecule has 114 valence electrons. The van der Waals surface area contributed by atoms with Crippen LogP contribution in [-0.2, 0) is 9.59 Å². The van der Waals surface area contributed by atoms with Gasteiger partial charge in [0.2, 0.25) is 5.91 Å². The monoisotopic (exact) mass is 293 g/mol. The predicted octanol–water partition coefficient (Wildman–Crippen LogP) is 1.05. The van der Waals surface area contributed by atoms with Gasteiger partial charge in [-0.1, -0.05) is 18.2 Å². The highest BCUT2D eigenvalue weighted by molar-refractivity contribution is 5.92. The predicted molar refractivity (Wildman–Crippen MR) is 77.9 cm³/mol. The Bertz CT molecular complexity index is 537. The highest BCUT2D eigenvalue weighted by atomic mass is 16.5. The number of rotatable bonds is 7. The molecule has 0 radical (unpaired) electrons. The van der Waals surface area contributed by atoms with Crippen LogP contribution in [0.2, 0.25) is 0 Å². The molecule has 1 atom stereocenters. The Labute approximate surface area is 123 Å². The van der Waals surface area contributed by atoms with Crippen molar-refractivity contribution in [1.82, 2.24) is 5.32 Å². The second-order valence-electron chi connectivity index (χ2n) is 4.60. The van der Waals surface area contributed by atoms with Gasteiger partial charge >= 0.3 is 5.97 Å². The maximum atomic E-state index is 11.6. The molecule has 0 spiro atoms. The topological polar surface area (TPSA) is 95.9 Å². The molecule has 0 saturated heterocycles. The van der Waals surface area contributed by atoms with Crippen molar-refractivity contribution in [3.8, 4) is 5.75 Å². The quantitative estimate of drug-likeness (QED) is 0.653. The molecule has 3 N–H and O–H groups in total. The molecule has 0 aliphatic heterocycles. The molecule has 21 heavy (non-hydrogen) atoms. The Hall–Kier alpha value is -2.34. The second-order valence-corrected chi connectivity index (χ2v) is 4.60. The molecule has 1 aromatic carbocycles. The van der Waals surface area contributed by atoms with Crippen LogP contribution in [0.3, 0.4) is 0 Å². The molecule has 0 bridgehead atoms. The molecule has 6 nitrogen and oxygen atoms in total. The van der Waals surface area contributed by atoms with Crippen LogP contribution in [0.1, 0.15) is 19.4 Å². The summed E-state index contributed by atoms with van der Waals surface area (Å²) < 4.78 is 5.41. The first kappa shape index (κ1) is 16.7. The number of hydrogen-bond donors (Lipinski definition) is 3. The van der Waals surface area contributed by atoms with Crippen LogP contribution in [0.15, 0.2) is 30.3 Å². The molecule has 1 amide bonds. The highest BCUT2D eigenvalue weighted by Crippen LogP contribution is 2.19. The summed E-state index contributed by atoms with van der Waals surface area (Å²) in [5.74, 6) is -1.24. The molecule has 0 heterocycles. The lowest BCUT2D eigenvalue weighted by Crippen LogP contribution is -2.46. The number of ether oxygens (including phenoxy) is 1. The first-order valence-electron chi connectivity index (χ1n) is 6.50. The summed E-state index contributed by atoms with van der Waals surface area (Å²) in [5.41, 5.74) is -1.26. The van der Waals surface area contributed by atoms with Crippen LogP contribution in [0.25, 0.3) is 6.08 Å². The van der Waals surface area contributed by atoms with E-state index in [0.29, 0.717) is 12.4 Å². The number of carboxylic acids is 1. The summed E-state index contributed by atoms with van der Waals surface area (Å²) in [6.07, 6.45) is 2.82. The number of aliphatic hydroxyl groups is 1. The normalized spacial score (nSPS) is 13.7. The van der Waals surface area contributed by atoms with Gasteiger partial charge in [-0.3, -0.25) is 4.79 Å². The minimum Gasteiger partial charge on any atom is -0.493 e. The zero-order chi connectivity index (χ0) is 15.9. The smallest absolute Gasteiger partial charge is 0.337 e. The Morgan fingerprint density at radius 1 is 1.38 bits per heavy atom. The van der Waals surface area contributed by atoms with E-state index in [1.54, 1.807) is 18.2 Å². The molecule has 1 rings (SSSR count). The van der Waals surface area contributed by atoms with Crippen LogP contribution >= 0.6 is 0 Å². The summed E-state index contributed by atoms with van der Waals surface area (Å²) in [6, 6.07) is 7.22. The molecule has 1 unspecified atom stereocenters. The number of carbonyl (C=O) groups is 2. The van der Waals surface area contributed by atoms with Gasteiger partial charge in [0.1, 0.15) is 5.75 Å². The van der Waals surface area contributed by atoms with Crippen molar-refractivity contribution in [2.45, 2.75) is 19.4 Å². The van der Waals surface area contributed by atoms with E-state index < -0.39 is 17.5 Å². The van der Waals surface area contributed by atoms with Crippen LogP contribution in [0, 0.1) is 0 Å². The average molecular weight is 293 g/mol. The van der Waals surface area contributed by atoms with Gasteiger partial charge in [-0.2, -0.15) is 0 Å². The van der Waals surface area contributed by atoms with Gasteiger partial charge in [0.05, 0.1) is 13.2 Å². The van der Waals surface area contributed by atoms with Gasteiger partial charge in [0.15, 0.2) is 5.60 Å². The van der Waals surface area contributed by atoms with Gasteiger partial charge in [-0.15, -0.1) is 0 Å². The van der Waals surface area contributed by atoms with Crippen molar-refractivity contribution in [1.29, 1.82) is 0 Å². The number of amides is 1. The van der Waals surface area contributed by atoms with E-state index in [1.807, 2.05) is 19.1 Å². The van der Waals surface area contributed by atoms with Gasteiger partial charge in [0, 0.05) is 11.6 Å². The molecule has 0 saturated carbocycles. The maximum Gasteiger partial charge on any atom is 0.337 e. The number of carbonyl (C=O) groups excluding carboxylic acids is 1. The fourth-order valence-corrected chi connectivity index (χ4v) is 1.46. The van der Waals surface area contributed by atoms with E-state index in [1.165, 1.54) is 6.08 Å². The zero-order valence-electron chi connectivity index (χ0n) is 12.0. The van der Waals surface area contributed by atoms with Gasteiger partial charge in [-0.05, 0) is 26.0 Å². The third kappa shape index (κ3) is 5.27. The fourth-order valence-electron chi connectivity index (χ4n) is 1.46. The van der Waals surface area contributed by atoms with Gasteiger partial charge < -0.3 is 20.3 Å². The summed E-state index contributed by atoms with van der Waals surface area (Å²) in [5, 5.41) is 20.5. The molecular weight excluding hydrogens is 274 g/mol. The molecule has 0 aliphatic carbocycles. The van der Waals surface area contributed by atoms with Crippen molar-refractivity contribution < 1.29 is 24.5 Å². The average Bonchev–Trinajstić information content (AvgIpc) is 2.44. The maximum absolute atomic E-state index is 11.6. The van der Waals surface area contributed by atoms with Crippen LogP contribution in [0.5, 0.6) is 5.75 Å². The standard InChI is InChI=1S/C15H19NO5/c1-3-21-12-7-5-4-6-11(12)8-9-13(17)16-10-15(2,20)14(18)19/h4-9,20H,3,10H2,1-2H3,(H,16,17)(H,18,19). The van der Waals surface area contributed by atoms with E-state index in [2.05, 4.69) is 5.32 Å². The Morgan fingerprint density at radius 3 is 2.67 bits per heavy atom. The van der Waals surface area contributed by atoms with Crippen LogP contribution < -0.4 is 10.1 Å². The lowest BCUT2D eigenvalue weighted by atomic mass is 10.1. The van der Waals surface area contributed by atoms with E-state index >= 15 is 0 Å². The molecule has 0 aromatic heterocycles. The van der Waals surface area contributed by atoms with E-state index in [0.717, 1.165) is 12.5 Å². The molecule has 1 aromatic rings. The fraction of sp³-hybridized carbons (Fsp3) is 0.333. The van der Waals surface area contributed by atoms with Crippen molar-refractivity contribution in [2.75, 3.05) is 13.2 Å². The lowest BCUT2D eigenvalue weighted by molar-refractivity contribution is -0.156. The Morgan fingerprint density at radius 2 is 2.05 bits per heavy atom. The number of benzene rings is 1. The minimum atomic E-state index is -1.99. The van der Waals surface area contributed by atoms with E-state index in [-0.39, 0.29) is 6.54 Å². The number of nitrogens with one attached hydrogen (secondary N) is 1. The minimum absolute atomic E-state index is 0.376. The molecular formula is C15H19NO5. The van der Waals surface area contributed by atoms with Crippen LogP contribution in [-0.4, -0.2) is 40.8 Å². The van der Waals surface area contributed by atoms with Crippen LogP contribution in [0.4, 0.5) is 0 Å². The molecule has 6 heteroatoms. The van der Waals surface area contributed by atoms with Gasteiger partial charge in [-0.25, -0.2) is 4.79 Å². The second kappa shape index (κ2) is 7.44. The summed E-state index contributed by atoms with van der Waals surface area (Å²) in [7, 11) is 0. The lowest BCUT2D eigenvalue weighted by Gasteiger charge is -2.17. The van der Waals surface area contributed by atoms with Crippen molar-refractivity contribution >= 4 is 18.0 Å². The Kier molecular flexibility index (Phi) is 5.92. The summed E-state index contributed by atoms with van der Waals surface area (Å²) in [4.78, 5) is 22.3. The SMILES string of the molecule is CCOc1ccccc1C=CC(=O)NCC(C)(O)C(=O)O. The summed E-state index contributed by atoms with van der Waals surface area (Å²) >= 11 is 0. The van der Waals surface area contributed by atoms with Gasteiger partial charge in [0.25, 0.3) is 0 Å². The third-order valence-corrected chi connectivity index (χ3v) is 2.70. The molecule has 0 fully saturated rings. The number of para-hydroxylation sites is 1.